The summed E-state index contributed by atoms with van der Waals surface area (Å²) >= 11 is 1.33. The molecule has 1 rings (SSSR count). The van der Waals surface area contributed by atoms with Crippen LogP contribution in [0.2, 0.25) is 0 Å². The summed E-state index contributed by atoms with van der Waals surface area (Å²) < 4.78 is 34.8. The van der Waals surface area contributed by atoms with E-state index in [4.69, 9.17) is 14.2 Å². The molecule has 0 N–H and O–H groups in total. The van der Waals surface area contributed by atoms with E-state index in [1.54, 1.807) is 6.07 Å². The smallest absolute Gasteiger partial charge is 0.340 e. The largest absolute Gasteiger partial charge is 0.492 e. The molecule has 5 nitrogen and oxygen atoms in total. The number of benzene rings is 1. The van der Waals surface area contributed by atoms with Crippen LogP contribution in [0.3, 0.4) is 0 Å². The van der Waals surface area contributed by atoms with E-state index < -0.39 is 11.8 Å². The molecule has 22 heavy (non-hydrogen) atoms. The van der Waals surface area contributed by atoms with Crippen LogP contribution in [-0.2, 0) is 14.2 Å². The van der Waals surface area contributed by atoms with Crippen molar-refractivity contribution in [1.29, 1.82) is 0 Å². The summed E-state index contributed by atoms with van der Waals surface area (Å²) in [7, 11) is 2.55. The summed E-state index contributed by atoms with van der Waals surface area (Å²) in [5.74, 6) is -0.980. The van der Waals surface area contributed by atoms with E-state index >= 15 is 0 Å². The van der Waals surface area contributed by atoms with Crippen LogP contribution in [0.4, 0.5) is 4.39 Å². The van der Waals surface area contributed by atoms with Crippen LogP contribution in [0.5, 0.6) is 5.75 Å². The minimum Gasteiger partial charge on any atom is -0.492 e. The third-order valence-corrected chi connectivity index (χ3v) is 3.82. The third kappa shape index (κ3) is 4.86. The maximum atomic E-state index is 14.3. The standard InChI is InChI=1S/C15H21FO5S/c1-5-20-12(21-6-2)9-22-11-8-7-10(15(17)19-4)13(16)14(11)18-3/h7-8,12H,5-6,9H2,1-4H3. The summed E-state index contributed by atoms with van der Waals surface area (Å²) in [6.45, 7) is 4.81. The van der Waals surface area contributed by atoms with Gasteiger partial charge in [-0.05, 0) is 26.0 Å². The van der Waals surface area contributed by atoms with Gasteiger partial charge in [0.15, 0.2) is 17.9 Å². The molecule has 0 saturated carbocycles. The predicted octanol–water partition coefficient (Wildman–Crippen LogP) is 3.11. The number of carbonyl (C=O) groups excluding carboxylic acids is 1. The van der Waals surface area contributed by atoms with E-state index in [0.717, 1.165) is 0 Å². The van der Waals surface area contributed by atoms with Crippen molar-refractivity contribution in [2.75, 3.05) is 33.2 Å². The van der Waals surface area contributed by atoms with Gasteiger partial charge >= 0.3 is 5.97 Å². The number of thioether (sulfide) groups is 1. The van der Waals surface area contributed by atoms with Gasteiger partial charge in [0.1, 0.15) is 0 Å². The maximum Gasteiger partial charge on any atom is 0.340 e. The minimum atomic E-state index is -0.742. The van der Waals surface area contributed by atoms with Gasteiger partial charge in [-0.15, -0.1) is 11.8 Å². The van der Waals surface area contributed by atoms with E-state index in [2.05, 4.69) is 4.74 Å². The molecule has 124 valence electrons. The fourth-order valence-corrected chi connectivity index (χ4v) is 2.76. The van der Waals surface area contributed by atoms with E-state index in [-0.39, 0.29) is 17.6 Å². The fourth-order valence-electron chi connectivity index (χ4n) is 1.78. The molecule has 0 bridgehead atoms. The molecule has 0 amide bonds. The van der Waals surface area contributed by atoms with Gasteiger partial charge in [0.2, 0.25) is 0 Å². The van der Waals surface area contributed by atoms with Crippen molar-refractivity contribution in [3.05, 3.63) is 23.5 Å². The first kappa shape index (κ1) is 18.7. The summed E-state index contributed by atoms with van der Waals surface area (Å²) in [4.78, 5) is 12.1. The molecule has 0 fully saturated rings. The van der Waals surface area contributed by atoms with Crippen molar-refractivity contribution < 1.29 is 28.1 Å². The van der Waals surface area contributed by atoms with Gasteiger partial charge in [-0.2, -0.15) is 0 Å². The van der Waals surface area contributed by atoms with Crippen LogP contribution in [0.1, 0.15) is 24.2 Å². The lowest BCUT2D eigenvalue weighted by molar-refractivity contribution is -0.120. The van der Waals surface area contributed by atoms with Gasteiger partial charge in [0, 0.05) is 19.0 Å². The number of hydrogen-bond acceptors (Lipinski definition) is 6. The Morgan fingerprint density at radius 3 is 2.36 bits per heavy atom. The molecule has 0 atom stereocenters. The highest BCUT2D eigenvalue weighted by molar-refractivity contribution is 7.99. The third-order valence-electron chi connectivity index (χ3n) is 2.75. The lowest BCUT2D eigenvalue weighted by atomic mass is 10.2. The molecular formula is C15H21FO5S. The number of rotatable bonds is 9. The topological polar surface area (TPSA) is 54.0 Å². The Balaban J connectivity index is 2.91. The molecule has 0 radical (unpaired) electrons. The molecule has 0 saturated heterocycles. The molecule has 0 aromatic heterocycles. The van der Waals surface area contributed by atoms with E-state index in [1.807, 2.05) is 13.8 Å². The van der Waals surface area contributed by atoms with E-state index in [0.29, 0.717) is 23.9 Å². The zero-order valence-electron chi connectivity index (χ0n) is 13.2. The van der Waals surface area contributed by atoms with Gasteiger partial charge in [0.05, 0.1) is 24.7 Å². The summed E-state index contributed by atoms with van der Waals surface area (Å²) in [5.41, 5.74) is -0.158. The van der Waals surface area contributed by atoms with Gasteiger partial charge in [0.25, 0.3) is 0 Å². The second-order valence-corrected chi connectivity index (χ2v) is 5.16. The average Bonchev–Trinajstić information content (AvgIpc) is 2.52. The highest BCUT2D eigenvalue weighted by Crippen LogP contribution is 2.34. The van der Waals surface area contributed by atoms with Gasteiger partial charge in [-0.3, -0.25) is 0 Å². The Morgan fingerprint density at radius 2 is 1.86 bits per heavy atom. The van der Waals surface area contributed by atoms with E-state index in [9.17, 15) is 9.18 Å². The van der Waals surface area contributed by atoms with Crippen LogP contribution >= 0.6 is 11.8 Å². The first-order valence-electron chi connectivity index (χ1n) is 6.89. The van der Waals surface area contributed by atoms with Gasteiger partial charge < -0.3 is 18.9 Å². The Morgan fingerprint density at radius 1 is 1.23 bits per heavy atom. The van der Waals surface area contributed by atoms with Crippen LogP contribution in [0, 0.1) is 5.82 Å². The SMILES string of the molecule is CCOC(CSc1ccc(C(=O)OC)c(F)c1OC)OCC. The number of halogens is 1. The monoisotopic (exact) mass is 332 g/mol. The summed E-state index contributed by atoms with van der Waals surface area (Å²) in [5, 5.41) is 0. The predicted molar refractivity (Wildman–Crippen MR) is 82.1 cm³/mol. The van der Waals surface area contributed by atoms with Crippen LogP contribution in [0.25, 0.3) is 0 Å². The Hall–Kier alpha value is -1.31. The first-order chi connectivity index (χ1) is 10.6. The molecule has 0 spiro atoms. The molecule has 0 aliphatic heterocycles. The molecule has 0 heterocycles. The first-order valence-corrected chi connectivity index (χ1v) is 7.88. The second kappa shape index (κ2) is 9.66. The van der Waals surface area contributed by atoms with Crippen molar-refractivity contribution in [1.82, 2.24) is 0 Å². The van der Waals surface area contributed by atoms with Crippen molar-refractivity contribution >= 4 is 17.7 Å². The average molecular weight is 332 g/mol. The molecular weight excluding hydrogens is 311 g/mol. The summed E-state index contributed by atoms with van der Waals surface area (Å²) in [6, 6.07) is 3.00. The number of esters is 1. The normalized spacial score (nSPS) is 10.8. The number of hydrogen-bond donors (Lipinski definition) is 0. The van der Waals surface area contributed by atoms with Crippen molar-refractivity contribution in [3.8, 4) is 5.75 Å². The van der Waals surface area contributed by atoms with Crippen molar-refractivity contribution in [2.24, 2.45) is 0 Å². The van der Waals surface area contributed by atoms with Crippen LogP contribution in [-0.4, -0.2) is 45.4 Å². The highest BCUT2D eigenvalue weighted by Gasteiger charge is 2.21. The fraction of sp³-hybridized carbons (Fsp3) is 0.533. The zero-order valence-corrected chi connectivity index (χ0v) is 14.0. The molecule has 1 aromatic carbocycles. The Bertz CT molecular complexity index is 489. The van der Waals surface area contributed by atoms with Gasteiger partial charge in [-0.25, -0.2) is 9.18 Å². The number of carbonyl (C=O) groups is 1. The quantitative estimate of drug-likeness (QED) is 0.393. The maximum absolute atomic E-state index is 14.3. The lowest BCUT2D eigenvalue weighted by Crippen LogP contribution is -2.20. The van der Waals surface area contributed by atoms with Crippen molar-refractivity contribution in [3.63, 3.8) is 0 Å². The second-order valence-electron chi connectivity index (χ2n) is 4.10. The lowest BCUT2D eigenvalue weighted by Gasteiger charge is -2.17. The Kier molecular flexibility index (Phi) is 8.22. The molecule has 1 aromatic rings. The highest BCUT2D eigenvalue weighted by atomic mass is 32.2. The molecule has 0 unspecified atom stereocenters. The summed E-state index contributed by atoms with van der Waals surface area (Å²) in [6.07, 6.45) is -0.381. The van der Waals surface area contributed by atoms with Crippen LogP contribution in [0.15, 0.2) is 17.0 Å². The number of methoxy groups -OCH3 is 2. The molecule has 0 aliphatic carbocycles. The van der Waals surface area contributed by atoms with E-state index in [1.165, 1.54) is 32.0 Å². The number of ether oxygens (including phenoxy) is 4. The van der Waals surface area contributed by atoms with Gasteiger partial charge in [-0.1, -0.05) is 0 Å². The minimum absolute atomic E-state index is 0.0136. The molecule has 7 heteroatoms. The molecule has 0 aliphatic rings. The zero-order chi connectivity index (χ0) is 16.5. The van der Waals surface area contributed by atoms with Crippen molar-refractivity contribution in [2.45, 2.75) is 25.0 Å². The van der Waals surface area contributed by atoms with Crippen LogP contribution < -0.4 is 4.74 Å². The Labute approximate surface area is 134 Å².